The van der Waals surface area contributed by atoms with Crippen LogP contribution in [0.2, 0.25) is 0 Å². The molecule has 1 saturated heterocycles. The number of benzene rings is 3. The molecule has 5 rings (SSSR count). The zero-order valence-electron chi connectivity index (χ0n) is 21.6. The van der Waals surface area contributed by atoms with Crippen molar-refractivity contribution in [3.8, 4) is 0 Å². The van der Waals surface area contributed by atoms with E-state index in [1.807, 2.05) is 41.3 Å². The highest BCUT2D eigenvalue weighted by Crippen LogP contribution is 2.49. The van der Waals surface area contributed by atoms with Crippen molar-refractivity contribution in [2.45, 2.75) is 35.2 Å². The number of aryl methyl sites for hydroxylation is 1. The number of rotatable bonds is 9. The molecular weight excluding hydrogens is 525 g/mol. The van der Waals surface area contributed by atoms with Crippen molar-refractivity contribution in [3.63, 3.8) is 0 Å². The fourth-order valence-corrected chi connectivity index (χ4v) is 6.30. The molecule has 1 fully saturated rings. The maximum Gasteiger partial charge on any atom is 0.416 e. The maximum atomic E-state index is 13.5. The summed E-state index contributed by atoms with van der Waals surface area (Å²) in [6.45, 7) is 6.46. The fourth-order valence-electron chi connectivity index (χ4n) is 5.23. The molecule has 206 valence electrons. The summed E-state index contributed by atoms with van der Waals surface area (Å²) >= 11 is 1.52. The van der Waals surface area contributed by atoms with Crippen LogP contribution >= 0.6 is 11.8 Å². The van der Waals surface area contributed by atoms with Crippen LogP contribution in [0, 0.1) is 10.1 Å². The largest absolute Gasteiger partial charge is 0.416 e. The lowest BCUT2D eigenvalue weighted by Gasteiger charge is -2.36. The Kier molecular flexibility index (Phi) is 8.44. The van der Waals surface area contributed by atoms with Gasteiger partial charge in [0.1, 0.15) is 0 Å². The summed E-state index contributed by atoms with van der Waals surface area (Å²) in [5, 5.41) is 10.8. The van der Waals surface area contributed by atoms with Crippen molar-refractivity contribution in [2.24, 2.45) is 0 Å². The SMILES string of the molecule is O=[N+]([O-])c1ccc(CCCN2CCN(CCCN3c4ccccc4Sc4ccc(C(F)(F)F)cc43)CC2)cc1. The predicted octanol–water partition coefficient (Wildman–Crippen LogP) is 6.86. The fraction of sp³-hybridized carbons (Fsp3) is 0.379. The molecule has 0 aliphatic carbocycles. The second-order valence-electron chi connectivity index (χ2n) is 9.97. The van der Waals surface area contributed by atoms with E-state index in [4.69, 9.17) is 0 Å². The predicted molar refractivity (Wildman–Crippen MR) is 148 cm³/mol. The highest BCUT2D eigenvalue weighted by Gasteiger charge is 2.33. The van der Waals surface area contributed by atoms with E-state index in [1.165, 1.54) is 23.9 Å². The minimum absolute atomic E-state index is 0.119. The molecular formula is C29H31F3N4O2S. The minimum Gasteiger partial charge on any atom is -0.340 e. The first-order chi connectivity index (χ1) is 18.8. The van der Waals surface area contributed by atoms with Gasteiger partial charge >= 0.3 is 6.18 Å². The lowest BCUT2D eigenvalue weighted by Crippen LogP contribution is -2.47. The normalized spacial score (nSPS) is 16.1. The lowest BCUT2D eigenvalue weighted by molar-refractivity contribution is -0.384. The standard InChI is InChI=1S/C29H31F3N4O2S/c30-29(31,32)23-10-13-28-26(21-23)35(25-6-1-2-7-27(25)39-28)16-4-15-34-19-17-33(18-20-34)14-3-5-22-8-11-24(12-9-22)36(37)38/h1-2,6-13,21H,3-5,14-20H2. The van der Waals surface area contributed by atoms with E-state index in [2.05, 4.69) is 9.80 Å². The molecule has 0 saturated carbocycles. The first kappa shape index (κ1) is 27.5. The first-order valence-electron chi connectivity index (χ1n) is 13.2. The van der Waals surface area contributed by atoms with Gasteiger partial charge in [-0.15, -0.1) is 0 Å². The maximum absolute atomic E-state index is 13.5. The number of non-ortho nitro benzene ring substituents is 1. The summed E-state index contributed by atoms with van der Waals surface area (Å²) in [5.41, 5.74) is 2.21. The summed E-state index contributed by atoms with van der Waals surface area (Å²) < 4.78 is 40.4. The van der Waals surface area contributed by atoms with Crippen LogP contribution in [0.5, 0.6) is 0 Å². The highest BCUT2D eigenvalue weighted by atomic mass is 32.2. The van der Waals surface area contributed by atoms with Crippen molar-refractivity contribution in [1.29, 1.82) is 0 Å². The number of piperazine rings is 1. The summed E-state index contributed by atoms with van der Waals surface area (Å²) in [6, 6.07) is 18.7. The molecule has 6 nitrogen and oxygen atoms in total. The van der Waals surface area contributed by atoms with Crippen LogP contribution in [0.15, 0.2) is 76.5 Å². The summed E-state index contributed by atoms with van der Waals surface area (Å²) in [5.74, 6) is 0. The molecule has 0 bridgehead atoms. The quantitative estimate of drug-likeness (QED) is 0.212. The van der Waals surface area contributed by atoms with Crippen LogP contribution in [0.4, 0.5) is 30.2 Å². The third kappa shape index (κ3) is 6.74. The molecule has 0 atom stereocenters. The van der Waals surface area contributed by atoms with Crippen LogP contribution in [0.1, 0.15) is 24.0 Å². The number of fused-ring (bicyclic) bond motifs is 2. The van der Waals surface area contributed by atoms with Gasteiger partial charge in [0.05, 0.1) is 21.9 Å². The number of para-hydroxylation sites is 1. The van der Waals surface area contributed by atoms with E-state index in [0.717, 1.165) is 79.6 Å². The zero-order chi connectivity index (χ0) is 27.4. The Labute approximate surface area is 230 Å². The number of alkyl halides is 3. The lowest BCUT2D eigenvalue weighted by atomic mass is 10.1. The monoisotopic (exact) mass is 556 g/mol. The van der Waals surface area contributed by atoms with Crippen molar-refractivity contribution in [3.05, 3.63) is 88.0 Å². The molecule has 2 aliphatic heterocycles. The van der Waals surface area contributed by atoms with Gasteiger partial charge in [0.25, 0.3) is 5.69 Å². The topological polar surface area (TPSA) is 52.9 Å². The van der Waals surface area contributed by atoms with Crippen molar-refractivity contribution >= 4 is 28.8 Å². The van der Waals surface area contributed by atoms with Crippen LogP contribution in [0.25, 0.3) is 0 Å². The molecule has 3 aromatic carbocycles. The van der Waals surface area contributed by atoms with Crippen LogP contribution in [-0.4, -0.2) is 60.5 Å². The van der Waals surface area contributed by atoms with E-state index in [-0.39, 0.29) is 10.6 Å². The van der Waals surface area contributed by atoms with Crippen molar-refractivity contribution < 1.29 is 18.1 Å². The number of nitro benzene ring substituents is 1. The number of anilines is 2. The van der Waals surface area contributed by atoms with Crippen molar-refractivity contribution in [1.82, 2.24) is 9.80 Å². The smallest absolute Gasteiger partial charge is 0.340 e. The van der Waals surface area contributed by atoms with Gasteiger partial charge in [-0.05, 0) is 68.2 Å². The third-order valence-corrected chi connectivity index (χ3v) is 8.49. The average molecular weight is 557 g/mol. The van der Waals surface area contributed by atoms with Gasteiger partial charge in [-0.25, -0.2) is 0 Å². The van der Waals surface area contributed by atoms with Gasteiger partial charge in [-0.3, -0.25) is 10.1 Å². The summed E-state index contributed by atoms with van der Waals surface area (Å²) in [7, 11) is 0. The summed E-state index contributed by atoms with van der Waals surface area (Å²) in [4.78, 5) is 19.3. The number of nitro groups is 1. The Morgan fingerprint density at radius 1 is 0.795 bits per heavy atom. The molecule has 0 N–H and O–H groups in total. The molecule has 2 heterocycles. The third-order valence-electron chi connectivity index (χ3n) is 7.36. The number of hydrogen-bond donors (Lipinski definition) is 0. The van der Waals surface area contributed by atoms with Crippen molar-refractivity contribution in [2.75, 3.05) is 50.7 Å². The van der Waals surface area contributed by atoms with Crippen LogP contribution in [0.3, 0.4) is 0 Å². The highest BCUT2D eigenvalue weighted by molar-refractivity contribution is 7.99. The molecule has 3 aromatic rings. The van der Waals surface area contributed by atoms with Crippen LogP contribution < -0.4 is 4.90 Å². The van der Waals surface area contributed by atoms with E-state index in [9.17, 15) is 23.3 Å². The molecule has 39 heavy (non-hydrogen) atoms. The van der Waals surface area contributed by atoms with Crippen LogP contribution in [-0.2, 0) is 12.6 Å². The first-order valence-corrected chi connectivity index (χ1v) is 14.0. The zero-order valence-corrected chi connectivity index (χ0v) is 22.4. The molecule has 2 aliphatic rings. The Bertz CT molecular complexity index is 1290. The van der Waals surface area contributed by atoms with E-state index < -0.39 is 11.7 Å². The Morgan fingerprint density at radius 2 is 1.44 bits per heavy atom. The molecule has 10 heteroatoms. The molecule has 0 aromatic heterocycles. The Morgan fingerprint density at radius 3 is 2.10 bits per heavy atom. The van der Waals surface area contributed by atoms with Gasteiger partial charge in [0.2, 0.25) is 0 Å². The molecule has 0 amide bonds. The minimum atomic E-state index is -4.37. The average Bonchev–Trinajstić information content (AvgIpc) is 2.93. The molecule has 0 spiro atoms. The van der Waals surface area contributed by atoms with Gasteiger partial charge in [-0.1, -0.05) is 36.0 Å². The van der Waals surface area contributed by atoms with E-state index in [1.54, 1.807) is 18.2 Å². The number of hydrogen-bond acceptors (Lipinski definition) is 6. The van der Waals surface area contributed by atoms with Gasteiger partial charge in [-0.2, -0.15) is 13.2 Å². The summed E-state index contributed by atoms with van der Waals surface area (Å²) in [6.07, 6.45) is -1.62. The second kappa shape index (κ2) is 12.0. The van der Waals surface area contributed by atoms with E-state index >= 15 is 0 Å². The number of nitrogens with zero attached hydrogens (tertiary/aromatic N) is 4. The van der Waals surface area contributed by atoms with Gasteiger partial charge < -0.3 is 14.7 Å². The van der Waals surface area contributed by atoms with Gasteiger partial charge in [0, 0.05) is 54.6 Å². The number of halogens is 3. The Hall–Kier alpha value is -3.08. The second-order valence-corrected chi connectivity index (χ2v) is 11.0. The van der Waals surface area contributed by atoms with E-state index in [0.29, 0.717) is 12.2 Å². The Balaban J connectivity index is 1.11. The van der Waals surface area contributed by atoms with Gasteiger partial charge in [0.15, 0.2) is 0 Å². The molecule has 0 radical (unpaired) electrons. The molecule has 0 unspecified atom stereocenters.